The molecular formula is C19H23F2NO2. The van der Waals surface area contributed by atoms with Gasteiger partial charge in [0.2, 0.25) is 5.88 Å². The molecule has 0 aliphatic heterocycles. The molecule has 0 bridgehead atoms. The van der Waals surface area contributed by atoms with Gasteiger partial charge < -0.3 is 9.47 Å². The normalized spacial score (nSPS) is 10.9. The van der Waals surface area contributed by atoms with Crippen LogP contribution in [0.25, 0.3) is 11.1 Å². The first-order valence-corrected chi connectivity index (χ1v) is 8.26. The van der Waals surface area contributed by atoms with Gasteiger partial charge >= 0.3 is 0 Å². The van der Waals surface area contributed by atoms with Crippen LogP contribution in [0.1, 0.15) is 40.0 Å². The van der Waals surface area contributed by atoms with Crippen LogP contribution in [0, 0.1) is 11.6 Å². The Balaban J connectivity index is 2.27. The lowest BCUT2D eigenvalue weighted by molar-refractivity contribution is 0.234. The number of unbranched alkanes of at least 4 members (excludes halogenated alkanes) is 2. The zero-order valence-corrected chi connectivity index (χ0v) is 14.3. The van der Waals surface area contributed by atoms with Crippen molar-refractivity contribution in [1.29, 1.82) is 0 Å². The van der Waals surface area contributed by atoms with E-state index in [9.17, 15) is 8.78 Å². The predicted octanol–water partition coefficient (Wildman–Crippen LogP) is 5.38. The maximum absolute atomic E-state index is 14.3. The second kappa shape index (κ2) is 8.62. The summed E-state index contributed by atoms with van der Waals surface area (Å²) in [6.45, 7) is 6.09. The minimum absolute atomic E-state index is 0.0884. The third kappa shape index (κ3) is 4.66. The lowest BCUT2D eigenvalue weighted by Gasteiger charge is -2.14. The number of halogens is 2. The number of ether oxygens (including phenoxy) is 2. The molecule has 0 fully saturated rings. The van der Waals surface area contributed by atoms with E-state index in [2.05, 4.69) is 11.9 Å². The Morgan fingerprint density at radius 1 is 1.12 bits per heavy atom. The first-order valence-electron chi connectivity index (χ1n) is 8.26. The molecule has 0 atom stereocenters. The maximum Gasteiger partial charge on any atom is 0.221 e. The maximum atomic E-state index is 14.3. The van der Waals surface area contributed by atoms with Gasteiger partial charge in [-0.05, 0) is 50.1 Å². The molecule has 1 heterocycles. The summed E-state index contributed by atoms with van der Waals surface area (Å²) in [5.41, 5.74) is 0.913. The summed E-state index contributed by atoms with van der Waals surface area (Å²) in [7, 11) is 0. The summed E-state index contributed by atoms with van der Waals surface area (Å²) in [5.74, 6) is -1.42. The van der Waals surface area contributed by atoms with Crippen molar-refractivity contribution in [1.82, 2.24) is 4.98 Å². The van der Waals surface area contributed by atoms with E-state index in [1.54, 1.807) is 18.3 Å². The molecule has 0 amide bonds. The van der Waals surface area contributed by atoms with Crippen LogP contribution in [-0.2, 0) is 0 Å². The van der Waals surface area contributed by atoms with E-state index in [1.165, 1.54) is 12.1 Å². The fourth-order valence-electron chi connectivity index (χ4n) is 2.31. The van der Waals surface area contributed by atoms with Gasteiger partial charge in [-0.15, -0.1) is 0 Å². The van der Waals surface area contributed by atoms with E-state index >= 15 is 0 Å². The third-order valence-electron chi connectivity index (χ3n) is 3.42. The zero-order valence-electron chi connectivity index (χ0n) is 14.3. The smallest absolute Gasteiger partial charge is 0.221 e. The fourth-order valence-corrected chi connectivity index (χ4v) is 2.31. The van der Waals surface area contributed by atoms with E-state index < -0.39 is 11.6 Å². The zero-order chi connectivity index (χ0) is 17.5. The largest absolute Gasteiger partial charge is 0.488 e. The predicted molar refractivity (Wildman–Crippen MR) is 90.4 cm³/mol. The molecule has 0 aliphatic carbocycles. The van der Waals surface area contributed by atoms with Gasteiger partial charge in [-0.3, -0.25) is 0 Å². The fraction of sp³-hybridized carbons (Fsp3) is 0.421. The second-order valence-corrected chi connectivity index (χ2v) is 5.85. The molecule has 0 N–H and O–H groups in total. The highest BCUT2D eigenvalue weighted by molar-refractivity contribution is 5.69. The average molecular weight is 335 g/mol. The molecule has 1 aromatic carbocycles. The van der Waals surface area contributed by atoms with Crippen LogP contribution < -0.4 is 9.47 Å². The molecule has 0 aliphatic rings. The topological polar surface area (TPSA) is 31.4 Å². The van der Waals surface area contributed by atoms with E-state index in [0.29, 0.717) is 23.6 Å². The van der Waals surface area contributed by atoms with Crippen LogP contribution in [0.2, 0.25) is 0 Å². The van der Waals surface area contributed by atoms with Crippen molar-refractivity contribution >= 4 is 0 Å². The molecule has 2 rings (SSSR count). The van der Waals surface area contributed by atoms with Crippen LogP contribution in [-0.4, -0.2) is 17.7 Å². The number of pyridine rings is 1. The molecule has 0 radical (unpaired) electrons. The van der Waals surface area contributed by atoms with Crippen molar-refractivity contribution in [3.8, 4) is 22.8 Å². The van der Waals surface area contributed by atoms with Gasteiger partial charge in [0.15, 0.2) is 17.4 Å². The Bertz CT molecular complexity index is 651. The summed E-state index contributed by atoms with van der Waals surface area (Å²) < 4.78 is 39.4. The second-order valence-electron chi connectivity index (χ2n) is 5.85. The minimum atomic E-state index is -0.721. The Hall–Kier alpha value is -2.17. The molecule has 24 heavy (non-hydrogen) atoms. The number of benzene rings is 1. The molecule has 0 spiro atoms. The van der Waals surface area contributed by atoms with Crippen LogP contribution in [0.3, 0.4) is 0 Å². The highest BCUT2D eigenvalue weighted by Crippen LogP contribution is 2.33. The Morgan fingerprint density at radius 2 is 1.83 bits per heavy atom. The summed E-state index contributed by atoms with van der Waals surface area (Å²) in [6, 6.07) is 5.93. The van der Waals surface area contributed by atoms with Crippen molar-refractivity contribution in [2.24, 2.45) is 0 Å². The third-order valence-corrected chi connectivity index (χ3v) is 3.42. The molecule has 0 saturated heterocycles. The Labute approximate surface area is 141 Å². The number of nitrogens with zero attached hydrogens (tertiary/aromatic N) is 1. The first-order chi connectivity index (χ1) is 11.5. The number of hydrogen-bond donors (Lipinski definition) is 0. The highest BCUT2D eigenvalue weighted by atomic mass is 19.1. The summed E-state index contributed by atoms with van der Waals surface area (Å²) in [4.78, 5) is 4.15. The van der Waals surface area contributed by atoms with Crippen LogP contribution in [0.4, 0.5) is 8.78 Å². The summed E-state index contributed by atoms with van der Waals surface area (Å²) in [5, 5.41) is 0. The quantitative estimate of drug-likeness (QED) is 0.607. The lowest BCUT2D eigenvalue weighted by Crippen LogP contribution is -2.08. The van der Waals surface area contributed by atoms with E-state index in [4.69, 9.17) is 9.47 Å². The van der Waals surface area contributed by atoms with Crippen molar-refractivity contribution < 1.29 is 18.3 Å². The van der Waals surface area contributed by atoms with Crippen molar-refractivity contribution in [2.75, 3.05) is 6.61 Å². The van der Waals surface area contributed by atoms with Crippen molar-refractivity contribution in [2.45, 2.75) is 46.1 Å². The molecule has 3 nitrogen and oxygen atoms in total. The summed E-state index contributed by atoms with van der Waals surface area (Å²) >= 11 is 0. The van der Waals surface area contributed by atoms with Crippen molar-refractivity contribution in [3.63, 3.8) is 0 Å². The Morgan fingerprint density at radius 3 is 2.46 bits per heavy atom. The monoisotopic (exact) mass is 335 g/mol. The van der Waals surface area contributed by atoms with Gasteiger partial charge in [-0.25, -0.2) is 13.8 Å². The van der Waals surface area contributed by atoms with Gasteiger partial charge in [0.25, 0.3) is 0 Å². The SMILES string of the molecule is CCCCCOc1c(F)cc(-c2cccnc2OC(C)C)cc1F. The van der Waals surface area contributed by atoms with Crippen LogP contribution >= 0.6 is 0 Å². The van der Waals surface area contributed by atoms with Crippen LogP contribution in [0.15, 0.2) is 30.5 Å². The Kier molecular flexibility index (Phi) is 6.53. The van der Waals surface area contributed by atoms with Gasteiger partial charge in [0, 0.05) is 11.8 Å². The van der Waals surface area contributed by atoms with Gasteiger partial charge in [-0.2, -0.15) is 0 Å². The van der Waals surface area contributed by atoms with E-state index in [1.807, 2.05) is 13.8 Å². The van der Waals surface area contributed by atoms with Gasteiger partial charge in [-0.1, -0.05) is 19.8 Å². The van der Waals surface area contributed by atoms with E-state index in [0.717, 1.165) is 19.3 Å². The molecule has 0 unspecified atom stereocenters. The number of rotatable bonds is 8. The highest BCUT2D eigenvalue weighted by Gasteiger charge is 2.16. The first kappa shape index (κ1) is 18.2. The van der Waals surface area contributed by atoms with Crippen LogP contribution in [0.5, 0.6) is 11.6 Å². The minimum Gasteiger partial charge on any atom is -0.488 e. The number of aromatic nitrogens is 1. The molecule has 130 valence electrons. The molecular weight excluding hydrogens is 312 g/mol. The molecule has 5 heteroatoms. The van der Waals surface area contributed by atoms with Gasteiger partial charge in [0.1, 0.15) is 0 Å². The standard InChI is InChI=1S/C19H23F2NO2/c1-4-5-6-10-23-18-16(20)11-14(12-17(18)21)15-8-7-9-22-19(15)24-13(2)3/h7-9,11-13H,4-6,10H2,1-3H3. The van der Waals surface area contributed by atoms with Crippen molar-refractivity contribution in [3.05, 3.63) is 42.1 Å². The lowest BCUT2D eigenvalue weighted by atomic mass is 10.1. The average Bonchev–Trinajstić information content (AvgIpc) is 2.53. The molecule has 0 saturated carbocycles. The molecule has 2 aromatic rings. The number of hydrogen-bond acceptors (Lipinski definition) is 3. The summed E-state index contributed by atoms with van der Waals surface area (Å²) in [6.07, 6.45) is 4.25. The molecule has 1 aromatic heterocycles. The van der Waals surface area contributed by atoms with E-state index in [-0.39, 0.29) is 11.9 Å². The van der Waals surface area contributed by atoms with Gasteiger partial charge in [0.05, 0.1) is 12.7 Å².